The Morgan fingerprint density at radius 3 is 2.69 bits per heavy atom. The maximum Gasteiger partial charge on any atom is 0.279 e. The SMILES string of the molecule is COc1ccc(C2CC(=O)Nc3c2c(=O)nc(SCc2ccccc2F)n3C)c(OC)c1. The molecule has 32 heavy (non-hydrogen) atoms. The van der Waals surface area contributed by atoms with Crippen molar-refractivity contribution in [2.75, 3.05) is 19.5 Å². The zero-order valence-electron chi connectivity index (χ0n) is 17.8. The molecule has 0 saturated carbocycles. The van der Waals surface area contributed by atoms with Crippen LogP contribution in [0, 0.1) is 5.82 Å². The van der Waals surface area contributed by atoms with Crippen molar-refractivity contribution in [3.8, 4) is 11.5 Å². The lowest BCUT2D eigenvalue weighted by atomic mass is 9.86. The molecular weight excluding hydrogens is 433 g/mol. The summed E-state index contributed by atoms with van der Waals surface area (Å²) in [6, 6.07) is 11.7. The van der Waals surface area contributed by atoms with Crippen LogP contribution < -0.4 is 20.3 Å². The quantitative estimate of drug-likeness (QED) is 0.451. The summed E-state index contributed by atoms with van der Waals surface area (Å²) >= 11 is 1.23. The van der Waals surface area contributed by atoms with Gasteiger partial charge in [-0.1, -0.05) is 36.0 Å². The number of nitrogens with zero attached hydrogens (tertiary/aromatic N) is 2. The number of hydrogen-bond acceptors (Lipinski definition) is 6. The van der Waals surface area contributed by atoms with Crippen LogP contribution in [0.5, 0.6) is 11.5 Å². The Morgan fingerprint density at radius 2 is 1.97 bits per heavy atom. The fourth-order valence-electron chi connectivity index (χ4n) is 3.79. The van der Waals surface area contributed by atoms with Crippen molar-refractivity contribution >= 4 is 23.5 Å². The first-order valence-corrected chi connectivity index (χ1v) is 10.9. The van der Waals surface area contributed by atoms with Crippen molar-refractivity contribution in [2.24, 2.45) is 7.05 Å². The molecule has 1 unspecified atom stereocenters. The molecule has 0 bridgehead atoms. The third kappa shape index (κ3) is 4.08. The Labute approximate surface area is 188 Å². The van der Waals surface area contributed by atoms with Crippen LogP contribution in [0.25, 0.3) is 0 Å². The molecule has 2 aromatic carbocycles. The maximum absolute atomic E-state index is 14.0. The van der Waals surface area contributed by atoms with E-state index in [1.807, 2.05) is 0 Å². The summed E-state index contributed by atoms with van der Waals surface area (Å²) in [5, 5.41) is 3.20. The molecule has 166 valence electrons. The first-order chi connectivity index (χ1) is 15.4. The second-order valence-electron chi connectivity index (χ2n) is 7.31. The average Bonchev–Trinajstić information content (AvgIpc) is 2.80. The number of nitrogens with one attached hydrogen (secondary N) is 1. The maximum atomic E-state index is 14.0. The standard InChI is InChI=1S/C23H22FN3O4S/c1-27-21-20(22(29)26-23(27)32-12-13-6-4-5-7-17(13)24)16(11-19(28)25-21)15-9-8-14(30-2)10-18(15)31-3/h4-10,16H,11-12H2,1-3H3,(H,25,28). The van der Waals surface area contributed by atoms with Gasteiger partial charge in [0.25, 0.3) is 5.56 Å². The molecule has 4 rings (SSSR count). The molecule has 1 aliphatic rings. The lowest BCUT2D eigenvalue weighted by molar-refractivity contribution is -0.116. The smallest absolute Gasteiger partial charge is 0.279 e. The molecule has 1 amide bonds. The minimum atomic E-state index is -0.517. The number of rotatable bonds is 6. The number of amides is 1. The predicted molar refractivity (Wildman–Crippen MR) is 120 cm³/mol. The first kappa shape index (κ1) is 21.9. The van der Waals surface area contributed by atoms with Crippen molar-refractivity contribution in [3.05, 3.63) is 75.3 Å². The lowest BCUT2D eigenvalue weighted by Crippen LogP contribution is -2.33. The van der Waals surface area contributed by atoms with Gasteiger partial charge in [0.05, 0.1) is 19.8 Å². The highest BCUT2D eigenvalue weighted by Gasteiger charge is 2.33. The number of anilines is 1. The third-order valence-corrected chi connectivity index (χ3v) is 6.51. The summed E-state index contributed by atoms with van der Waals surface area (Å²) in [5.41, 5.74) is 1.17. The third-order valence-electron chi connectivity index (χ3n) is 5.43. The molecule has 1 N–H and O–H groups in total. The molecule has 0 fully saturated rings. The monoisotopic (exact) mass is 455 g/mol. The molecule has 0 saturated heterocycles. The number of methoxy groups -OCH3 is 2. The number of ether oxygens (including phenoxy) is 2. The normalized spacial score (nSPS) is 15.1. The predicted octanol–water partition coefficient (Wildman–Crippen LogP) is 3.70. The van der Waals surface area contributed by atoms with Crippen molar-refractivity contribution in [1.29, 1.82) is 0 Å². The number of carbonyl (C=O) groups is 1. The van der Waals surface area contributed by atoms with E-state index in [2.05, 4.69) is 10.3 Å². The highest BCUT2D eigenvalue weighted by molar-refractivity contribution is 7.98. The summed E-state index contributed by atoms with van der Waals surface area (Å²) in [5.74, 6) is 0.772. The summed E-state index contributed by atoms with van der Waals surface area (Å²) < 4.78 is 26.4. The Morgan fingerprint density at radius 1 is 1.19 bits per heavy atom. The van der Waals surface area contributed by atoms with E-state index < -0.39 is 11.5 Å². The van der Waals surface area contributed by atoms with Crippen LogP contribution in [-0.4, -0.2) is 29.7 Å². The Hall–Kier alpha value is -3.33. The van der Waals surface area contributed by atoms with Gasteiger partial charge in [0.1, 0.15) is 23.1 Å². The fourth-order valence-corrected chi connectivity index (χ4v) is 4.75. The van der Waals surface area contributed by atoms with Gasteiger partial charge in [-0.15, -0.1) is 0 Å². The summed E-state index contributed by atoms with van der Waals surface area (Å²) in [7, 11) is 4.81. The van der Waals surface area contributed by atoms with Crippen LogP contribution >= 0.6 is 11.8 Å². The number of aromatic nitrogens is 2. The van der Waals surface area contributed by atoms with Crippen molar-refractivity contribution in [2.45, 2.75) is 23.2 Å². The average molecular weight is 456 g/mol. The molecule has 3 aromatic rings. The Kier molecular flexibility index (Phi) is 6.18. The number of thioether (sulfide) groups is 1. The molecule has 2 heterocycles. The van der Waals surface area contributed by atoms with Crippen LogP contribution in [0.2, 0.25) is 0 Å². The van der Waals surface area contributed by atoms with Crippen LogP contribution in [-0.2, 0) is 17.6 Å². The second-order valence-corrected chi connectivity index (χ2v) is 8.26. The van der Waals surface area contributed by atoms with Gasteiger partial charge in [-0.2, -0.15) is 4.98 Å². The van der Waals surface area contributed by atoms with Crippen LogP contribution in [0.3, 0.4) is 0 Å². The number of hydrogen-bond donors (Lipinski definition) is 1. The van der Waals surface area contributed by atoms with Crippen molar-refractivity contribution < 1.29 is 18.7 Å². The van der Waals surface area contributed by atoms with Crippen LogP contribution in [0.4, 0.5) is 10.2 Å². The van der Waals surface area contributed by atoms with E-state index in [9.17, 15) is 14.0 Å². The fraction of sp³-hybridized carbons (Fsp3) is 0.261. The largest absolute Gasteiger partial charge is 0.497 e. The molecular formula is C23H22FN3O4S. The van der Waals surface area contributed by atoms with Gasteiger partial charge in [0, 0.05) is 36.8 Å². The Bertz CT molecular complexity index is 1240. The van der Waals surface area contributed by atoms with Gasteiger partial charge in [-0.05, 0) is 17.7 Å². The number of halogens is 1. The van der Waals surface area contributed by atoms with E-state index in [1.165, 1.54) is 24.9 Å². The van der Waals surface area contributed by atoms with Gasteiger partial charge < -0.3 is 19.4 Å². The van der Waals surface area contributed by atoms with Crippen molar-refractivity contribution in [1.82, 2.24) is 9.55 Å². The van der Waals surface area contributed by atoms with Crippen LogP contribution in [0.15, 0.2) is 52.4 Å². The van der Waals surface area contributed by atoms with E-state index in [4.69, 9.17) is 9.47 Å². The molecule has 9 heteroatoms. The molecule has 1 aliphatic heterocycles. The molecule has 7 nitrogen and oxygen atoms in total. The highest BCUT2D eigenvalue weighted by atomic mass is 32.2. The first-order valence-electron chi connectivity index (χ1n) is 9.91. The van der Waals surface area contributed by atoms with E-state index in [-0.39, 0.29) is 18.1 Å². The van der Waals surface area contributed by atoms with Gasteiger partial charge in [-0.25, -0.2) is 4.39 Å². The minimum Gasteiger partial charge on any atom is -0.497 e. The topological polar surface area (TPSA) is 82.5 Å². The van der Waals surface area contributed by atoms with E-state index in [1.54, 1.807) is 55.1 Å². The van der Waals surface area contributed by atoms with Gasteiger partial charge >= 0.3 is 0 Å². The zero-order chi connectivity index (χ0) is 22.8. The molecule has 0 aliphatic carbocycles. The number of fused-ring (bicyclic) bond motifs is 1. The van der Waals surface area contributed by atoms with Gasteiger partial charge in [0.2, 0.25) is 5.91 Å². The van der Waals surface area contributed by atoms with E-state index in [0.29, 0.717) is 44.9 Å². The number of benzene rings is 2. The molecule has 1 atom stereocenters. The van der Waals surface area contributed by atoms with Gasteiger partial charge in [-0.3, -0.25) is 9.59 Å². The van der Waals surface area contributed by atoms with Crippen molar-refractivity contribution in [3.63, 3.8) is 0 Å². The summed E-state index contributed by atoms with van der Waals surface area (Å²) in [4.78, 5) is 29.9. The Balaban J connectivity index is 1.75. The minimum absolute atomic E-state index is 0.0916. The van der Waals surface area contributed by atoms with Crippen LogP contribution in [0.1, 0.15) is 29.0 Å². The number of carbonyl (C=O) groups excluding carboxylic acids is 1. The molecule has 1 aromatic heterocycles. The van der Waals surface area contributed by atoms with Gasteiger partial charge in [0.15, 0.2) is 5.16 Å². The molecule has 0 radical (unpaired) electrons. The zero-order valence-corrected chi connectivity index (χ0v) is 18.7. The summed E-state index contributed by atoms with van der Waals surface area (Å²) in [6.45, 7) is 0. The van der Waals surface area contributed by atoms with E-state index >= 15 is 0 Å². The van der Waals surface area contributed by atoms with E-state index in [0.717, 1.165) is 0 Å². The lowest BCUT2D eigenvalue weighted by Gasteiger charge is -2.28. The summed E-state index contributed by atoms with van der Waals surface area (Å²) in [6.07, 6.45) is 0.0916. The molecule has 0 spiro atoms. The second kappa shape index (κ2) is 9.04. The highest BCUT2D eigenvalue weighted by Crippen LogP contribution is 2.40.